The predicted octanol–water partition coefficient (Wildman–Crippen LogP) is 4.02. The lowest BCUT2D eigenvalue weighted by molar-refractivity contribution is 0.386. The number of anilines is 1. The van der Waals surface area contributed by atoms with E-state index in [1.807, 2.05) is 25.1 Å². The van der Waals surface area contributed by atoms with E-state index in [2.05, 4.69) is 21.2 Å². The third-order valence-corrected chi connectivity index (χ3v) is 4.18. The lowest BCUT2D eigenvalue weighted by atomic mass is 10.0. The molecule has 2 aromatic carbocycles. The molecule has 112 valence electrons. The molecule has 1 unspecified atom stereocenters. The molecule has 3 N–H and O–H groups in total. The second-order valence-electron chi connectivity index (χ2n) is 4.79. The van der Waals surface area contributed by atoms with Crippen molar-refractivity contribution in [1.29, 1.82) is 0 Å². The summed E-state index contributed by atoms with van der Waals surface area (Å²) in [5, 5.41) is 3.30. The van der Waals surface area contributed by atoms with Crippen LogP contribution < -0.4 is 15.8 Å². The number of methoxy groups -OCH3 is 1. The summed E-state index contributed by atoms with van der Waals surface area (Å²) >= 11 is 3.52. The Labute approximate surface area is 132 Å². The van der Waals surface area contributed by atoms with E-state index in [0.717, 1.165) is 21.3 Å². The Balaban J connectivity index is 2.24. The number of hydrogen-bond donors (Lipinski definition) is 2. The fourth-order valence-corrected chi connectivity index (χ4v) is 2.45. The first-order valence-corrected chi connectivity index (χ1v) is 7.40. The molecule has 0 bridgehead atoms. The van der Waals surface area contributed by atoms with Gasteiger partial charge in [0, 0.05) is 22.8 Å². The molecule has 0 fully saturated rings. The lowest BCUT2D eigenvalue weighted by Gasteiger charge is -2.20. The monoisotopic (exact) mass is 352 g/mol. The summed E-state index contributed by atoms with van der Waals surface area (Å²) in [6.07, 6.45) is 0. The highest BCUT2D eigenvalue weighted by molar-refractivity contribution is 9.10. The van der Waals surface area contributed by atoms with Crippen LogP contribution in [0.5, 0.6) is 5.75 Å². The highest BCUT2D eigenvalue weighted by Crippen LogP contribution is 2.27. The topological polar surface area (TPSA) is 47.3 Å². The molecule has 3 nitrogen and oxygen atoms in total. The molecule has 2 rings (SSSR count). The van der Waals surface area contributed by atoms with Crippen LogP contribution >= 0.6 is 15.9 Å². The van der Waals surface area contributed by atoms with Gasteiger partial charge in [-0.3, -0.25) is 0 Å². The predicted molar refractivity (Wildman–Crippen MR) is 87.2 cm³/mol. The van der Waals surface area contributed by atoms with Gasteiger partial charge in [0.1, 0.15) is 0 Å². The molecule has 0 aromatic heterocycles. The molecule has 0 radical (unpaired) electrons. The Bertz CT molecular complexity index is 634. The molecule has 0 aliphatic heterocycles. The van der Waals surface area contributed by atoms with Crippen molar-refractivity contribution in [3.8, 4) is 5.75 Å². The molecule has 0 amide bonds. The molecular weight excluding hydrogens is 335 g/mol. The Morgan fingerprint density at radius 1 is 1.29 bits per heavy atom. The zero-order valence-corrected chi connectivity index (χ0v) is 13.6. The van der Waals surface area contributed by atoms with Crippen molar-refractivity contribution in [3.05, 3.63) is 57.8 Å². The van der Waals surface area contributed by atoms with Gasteiger partial charge in [-0.2, -0.15) is 0 Å². The minimum atomic E-state index is -0.384. The summed E-state index contributed by atoms with van der Waals surface area (Å²) < 4.78 is 19.5. The molecular formula is C16H18BrFN2O. The largest absolute Gasteiger partial charge is 0.494 e. The summed E-state index contributed by atoms with van der Waals surface area (Å²) in [5.41, 5.74) is 8.85. The number of rotatable bonds is 5. The molecule has 5 heteroatoms. The lowest BCUT2D eigenvalue weighted by Crippen LogP contribution is -2.20. The van der Waals surface area contributed by atoms with Crippen molar-refractivity contribution < 1.29 is 9.13 Å². The van der Waals surface area contributed by atoms with Gasteiger partial charge in [0.25, 0.3) is 0 Å². The fraction of sp³-hybridized carbons (Fsp3) is 0.250. The van der Waals surface area contributed by atoms with E-state index in [0.29, 0.717) is 6.54 Å². The quantitative estimate of drug-likeness (QED) is 0.854. The zero-order valence-electron chi connectivity index (χ0n) is 12.0. The second-order valence-corrected chi connectivity index (χ2v) is 5.64. The van der Waals surface area contributed by atoms with Crippen molar-refractivity contribution in [2.45, 2.75) is 13.0 Å². The average molecular weight is 353 g/mol. The number of nitrogens with two attached hydrogens (primary N) is 1. The van der Waals surface area contributed by atoms with Crippen LogP contribution in [0.25, 0.3) is 0 Å². The van der Waals surface area contributed by atoms with Crippen molar-refractivity contribution >= 4 is 21.6 Å². The maximum absolute atomic E-state index is 13.4. The smallest absolute Gasteiger partial charge is 0.165 e. The first-order chi connectivity index (χ1) is 10.0. The maximum Gasteiger partial charge on any atom is 0.165 e. The minimum Gasteiger partial charge on any atom is -0.494 e. The van der Waals surface area contributed by atoms with E-state index in [-0.39, 0.29) is 17.6 Å². The minimum absolute atomic E-state index is 0.0583. The maximum atomic E-state index is 13.4. The van der Waals surface area contributed by atoms with Crippen LogP contribution in [0.3, 0.4) is 0 Å². The molecule has 21 heavy (non-hydrogen) atoms. The van der Waals surface area contributed by atoms with E-state index >= 15 is 0 Å². The Kier molecular flexibility index (Phi) is 5.20. The summed E-state index contributed by atoms with van der Waals surface area (Å²) in [4.78, 5) is 0. The number of halogens is 2. The first-order valence-electron chi connectivity index (χ1n) is 6.61. The standard InChI is InChI=1S/C16H18BrFN2O/c1-10-3-4-11(7-13(10)17)15(9-19)20-12-5-6-14(18)16(8-12)21-2/h3-8,15,20H,9,19H2,1-2H3. The summed E-state index contributed by atoms with van der Waals surface area (Å²) in [6, 6.07) is 10.7. The van der Waals surface area contributed by atoms with E-state index in [1.54, 1.807) is 12.1 Å². The van der Waals surface area contributed by atoms with Crippen LogP contribution in [-0.4, -0.2) is 13.7 Å². The van der Waals surface area contributed by atoms with Crippen LogP contribution in [0, 0.1) is 12.7 Å². The molecule has 1 atom stereocenters. The van der Waals surface area contributed by atoms with Crippen molar-refractivity contribution in [1.82, 2.24) is 0 Å². The van der Waals surface area contributed by atoms with Crippen molar-refractivity contribution in [2.24, 2.45) is 5.73 Å². The second kappa shape index (κ2) is 6.91. The fourth-order valence-electron chi connectivity index (χ4n) is 2.05. The van der Waals surface area contributed by atoms with Crippen LogP contribution in [0.15, 0.2) is 40.9 Å². The third kappa shape index (κ3) is 3.74. The normalized spacial score (nSPS) is 12.0. The Morgan fingerprint density at radius 2 is 2.05 bits per heavy atom. The van der Waals surface area contributed by atoms with Crippen molar-refractivity contribution in [3.63, 3.8) is 0 Å². The molecule has 0 aliphatic carbocycles. The number of nitrogens with one attached hydrogen (secondary N) is 1. The molecule has 2 aromatic rings. The number of hydrogen-bond acceptors (Lipinski definition) is 3. The molecule has 0 saturated carbocycles. The van der Waals surface area contributed by atoms with Gasteiger partial charge in [-0.1, -0.05) is 28.1 Å². The van der Waals surface area contributed by atoms with E-state index in [9.17, 15) is 4.39 Å². The number of benzene rings is 2. The van der Waals surface area contributed by atoms with Gasteiger partial charge in [0.05, 0.1) is 13.2 Å². The first kappa shape index (κ1) is 15.8. The number of aryl methyl sites for hydroxylation is 1. The van der Waals surface area contributed by atoms with Crippen LogP contribution in [0.1, 0.15) is 17.2 Å². The highest BCUT2D eigenvalue weighted by Gasteiger charge is 2.12. The highest BCUT2D eigenvalue weighted by atomic mass is 79.9. The van der Waals surface area contributed by atoms with Gasteiger partial charge in [-0.25, -0.2) is 4.39 Å². The van der Waals surface area contributed by atoms with Gasteiger partial charge < -0.3 is 15.8 Å². The Morgan fingerprint density at radius 3 is 2.67 bits per heavy atom. The van der Waals surface area contributed by atoms with Crippen molar-refractivity contribution in [2.75, 3.05) is 19.0 Å². The van der Waals surface area contributed by atoms with Gasteiger partial charge in [-0.15, -0.1) is 0 Å². The van der Waals surface area contributed by atoms with Crippen LogP contribution in [-0.2, 0) is 0 Å². The average Bonchev–Trinajstić information content (AvgIpc) is 2.49. The van der Waals surface area contributed by atoms with Gasteiger partial charge in [-0.05, 0) is 36.2 Å². The summed E-state index contributed by atoms with van der Waals surface area (Å²) in [5.74, 6) is -0.175. The third-order valence-electron chi connectivity index (χ3n) is 3.33. The van der Waals surface area contributed by atoms with Gasteiger partial charge >= 0.3 is 0 Å². The van der Waals surface area contributed by atoms with Crippen LogP contribution in [0.2, 0.25) is 0 Å². The molecule has 0 saturated heterocycles. The zero-order chi connectivity index (χ0) is 15.4. The molecule has 0 heterocycles. The number of ether oxygens (including phenoxy) is 1. The molecule has 0 aliphatic rings. The van der Waals surface area contributed by atoms with E-state index in [4.69, 9.17) is 10.5 Å². The van der Waals surface area contributed by atoms with E-state index < -0.39 is 0 Å². The van der Waals surface area contributed by atoms with Gasteiger partial charge in [0.2, 0.25) is 0 Å². The SMILES string of the molecule is COc1cc(NC(CN)c2ccc(C)c(Br)c2)ccc1F. The van der Waals surface area contributed by atoms with Gasteiger partial charge in [0.15, 0.2) is 11.6 Å². The summed E-state index contributed by atoms with van der Waals surface area (Å²) in [6.45, 7) is 2.46. The summed E-state index contributed by atoms with van der Waals surface area (Å²) in [7, 11) is 1.44. The van der Waals surface area contributed by atoms with E-state index in [1.165, 1.54) is 13.2 Å². The molecule has 0 spiro atoms. The Hall–Kier alpha value is -1.59. The van der Waals surface area contributed by atoms with Crippen LogP contribution in [0.4, 0.5) is 10.1 Å².